The molecule has 0 amide bonds. The van der Waals surface area contributed by atoms with E-state index in [0.717, 1.165) is 42.0 Å². The third kappa shape index (κ3) is 3.93. The lowest BCUT2D eigenvalue weighted by atomic mass is 9.96. The highest BCUT2D eigenvalue weighted by Crippen LogP contribution is 2.33. The fourth-order valence-corrected chi connectivity index (χ4v) is 3.95. The van der Waals surface area contributed by atoms with Crippen LogP contribution in [0.2, 0.25) is 0 Å². The van der Waals surface area contributed by atoms with E-state index in [0.29, 0.717) is 6.04 Å². The Balaban J connectivity index is 1.65. The number of likely N-dealkylation sites (tertiary alicyclic amines) is 1. The van der Waals surface area contributed by atoms with Gasteiger partial charge in [-0.2, -0.15) is 5.10 Å². The molecule has 0 N–H and O–H groups in total. The number of halogens is 1. The van der Waals surface area contributed by atoms with Crippen LogP contribution in [0.4, 0.5) is 4.39 Å². The van der Waals surface area contributed by atoms with E-state index in [1.165, 1.54) is 30.7 Å². The lowest BCUT2D eigenvalue weighted by Gasteiger charge is -2.35. The van der Waals surface area contributed by atoms with Crippen LogP contribution >= 0.6 is 0 Å². The zero-order valence-electron chi connectivity index (χ0n) is 15.9. The second kappa shape index (κ2) is 7.61. The van der Waals surface area contributed by atoms with Crippen molar-refractivity contribution in [2.24, 2.45) is 7.05 Å². The van der Waals surface area contributed by atoms with Gasteiger partial charge in [-0.15, -0.1) is 0 Å². The number of hydrogen-bond acceptors (Lipinski definition) is 3. The topological polar surface area (TPSA) is 34.0 Å². The van der Waals surface area contributed by atoms with Crippen LogP contribution in [-0.4, -0.2) is 26.2 Å². The Morgan fingerprint density at radius 2 is 1.89 bits per heavy atom. The van der Waals surface area contributed by atoms with Crippen molar-refractivity contribution in [1.29, 1.82) is 0 Å². The third-order valence-electron chi connectivity index (χ3n) is 5.39. The number of piperidine rings is 1. The molecule has 1 saturated heterocycles. The maximum absolute atomic E-state index is 13.3. The van der Waals surface area contributed by atoms with Crippen LogP contribution in [0.5, 0.6) is 0 Å². The van der Waals surface area contributed by atoms with Gasteiger partial charge in [0.15, 0.2) is 0 Å². The number of hydrogen-bond donors (Lipinski definition) is 0. The largest absolute Gasteiger partial charge is 0.289 e. The summed E-state index contributed by atoms with van der Waals surface area (Å²) < 4.78 is 15.2. The highest BCUT2D eigenvalue weighted by molar-refractivity contribution is 5.64. The molecule has 5 heteroatoms. The summed E-state index contributed by atoms with van der Waals surface area (Å²) in [6.07, 6.45) is 5.39. The number of aryl methyl sites for hydroxylation is 2. The van der Waals surface area contributed by atoms with Crippen LogP contribution in [0.15, 0.2) is 48.7 Å². The predicted octanol–water partition coefficient (Wildman–Crippen LogP) is 4.66. The molecule has 27 heavy (non-hydrogen) atoms. The van der Waals surface area contributed by atoms with Crippen LogP contribution in [0, 0.1) is 12.7 Å². The fourth-order valence-electron chi connectivity index (χ4n) is 3.95. The van der Waals surface area contributed by atoms with Gasteiger partial charge in [0.05, 0.1) is 17.4 Å². The number of pyridine rings is 1. The third-order valence-corrected chi connectivity index (χ3v) is 5.39. The number of benzene rings is 1. The SMILES string of the molecule is Cc1cc(-c2ccc(F)cc2)cc(C2CCCCN2Cc2ccnn2C)n1. The summed E-state index contributed by atoms with van der Waals surface area (Å²) in [4.78, 5) is 7.37. The molecule has 1 aliphatic rings. The van der Waals surface area contributed by atoms with E-state index in [4.69, 9.17) is 4.98 Å². The van der Waals surface area contributed by atoms with Crippen molar-refractivity contribution in [1.82, 2.24) is 19.7 Å². The van der Waals surface area contributed by atoms with E-state index < -0.39 is 0 Å². The molecule has 1 fully saturated rings. The molecule has 3 aromatic rings. The first-order chi connectivity index (χ1) is 13.1. The smallest absolute Gasteiger partial charge is 0.123 e. The highest BCUT2D eigenvalue weighted by atomic mass is 19.1. The Morgan fingerprint density at radius 3 is 2.63 bits per heavy atom. The van der Waals surface area contributed by atoms with Gasteiger partial charge < -0.3 is 0 Å². The summed E-state index contributed by atoms with van der Waals surface area (Å²) in [6, 6.07) is 13.3. The minimum Gasteiger partial charge on any atom is -0.289 e. The maximum atomic E-state index is 13.3. The second-order valence-corrected chi connectivity index (χ2v) is 7.36. The van der Waals surface area contributed by atoms with Gasteiger partial charge in [-0.25, -0.2) is 4.39 Å². The first kappa shape index (κ1) is 17.9. The Hall–Kier alpha value is -2.53. The molecular weight excluding hydrogens is 339 g/mol. The number of nitrogens with zero attached hydrogens (tertiary/aromatic N) is 4. The van der Waals surface area contributed by atoms with E-state index in [2.05, 4.69) is 28.2 Å². The van der Waals surface area contributed by atoms with E-state index in [1.54, 1.807) is 0 Å². The maximum Gasteiger partial charge on any atom is 0.123 e. The summed E-state index contributed by atoms with van der Waals surface area (Å²) >= 11 is 0. The predicted molar refractivity (Wildman–Crippen MR) is 105 cm³/mol. The molecule has 2 aromatic heterocycles. The zero-order chi connectivity index (χ0) is 18.8. The molecular formula is C22H25FN4. The van der Waals surface area contributed by atoms with E-state index >= 15 is 0 Å². The van der Waals surface area contributed by atoms with Gasteiger partial charge in [0.2, 0.25) is 0 Å². The fraction of sp³-hybridized carbons (Fsp3) is 0.364. The van der Waals surface area contributed by atoms with Gasteiger partial charge >= 0.3 is 0 Å². The highest BCUT2D eigenvalue weighted by Gasteiger charge is 2.26. The molecule has 4 rings (SSSR count). The van der Waals surface area contributed by atoms with Crippen molar-refractivity contribution in [3.63, 3.8) is 0 Å². The Labute approximate surface area is 159 Å². The first-order valence-electron chi connectivity index (χ1n) is 9.55. The lowest BCUT2D eigenvalue weighted by molar-refractivity contribution is 0.134. The standard InChI is InChI=1S/C22H25FN4/c1-16-13-18(17-6-8-19(23)9-7-17)14-21(25-16)22-5-3-4-12-27(22)15-20-10-11-24-26(20)2/h6-11,13-14,22H,3-5,12,15H2,1-2H3. The zero-order valence-corrected chi connectivity index (χ0v) is 15.9. The van der Waals surface area contributed by atoms with Gasteiger partial charge in [0.1, 0.15) is 5.82 Å². The first-order valence-corrected chi connectivity index (χ1v) is 9.55. The minimum atomic E-state index is -0.209. The van der Waals surface area contributed by atoms with E-state index in [-0.39, 0.29) is 5.82 Å². The molecule has 3 heterocycles. The summed E-state index contributed by atoms with van der Waals surface area (Å²) in [6.45, 7) is 3.98. The van der Waals surface area contributed by atoms with Gasteiger partial charge in [-0.3, -0.25) is 14.6 Å². The molecule has 0 radical (unpaired) electrons. The molecule has 140 valence electrons. The van der Waals surface area contributed by atoms with Crippen LogP contribution in [0.3, 0.4) is 0 Å². The average molecular weight is 364 g/mol. The van der Waals surface area contributed by atoms with Crippen LogP contribution in [0.25, 0.3) is 11.1 Å². The van der Waals surface area contributed by atoms with Gasteiger partial charge in [0.25, 0.3) is 0 Å². The molecule has 1 unspecified atom stereocenters. The molecule has 0 saturated carbocycles. The second-order valence-electron chi connectivity index (χ2n) is 7.36. The Kier molecular flexibility index (Phi) is 5.03. The summed E-state index contributed by atoms with van der Waals surface area (Å²) in [7, 11) is 1.99. The van der Waals surface area contributed by atoms with Crippen LogP contribution in [0.1, 0.15) is 42.4 Å². The number of rotatable bonds is 4. The van der Waals surface area contributed by atoms with E-state index in [1.807, 2.05) is 37.0 Å². The molecule has 1 atom stereocenters. The van der Waals surface area contributed by atoms with Crippen molar-refractivity contribution in [2.45, 2.75) is 38.8 Å². The van der Waals surface area contributed by atoms with Crippen molar-refractivity contribution < 1.29 is 4.39 Å². The molecule has 0 aliphatic carbocycles. The van der Waals surface area contributed by atoms with Crippen molar-refractivity contribution >= 4 is 0 Å². The summed E-state index contributed by atoms with van der Waals surface area (Å²) in [5.74, 6) is -0.209. The van der Waals surface area contributed by atoms with Gasteiger partial charge in [-0.05, 0) is 67.8 Å². The van der Waals surface area contributed by atoms with Crippen molar-refractivity contribution in [2.75, 3.05) is 6.54 Å². The summed E-state index contributed by atoms with van der Waals surface area (Å²) in [5.41, 5.74) is 5.45. The molecule has 0 spiro atoms. The van der Waals surface area contributed by atoms with Gasteiger partial charge in [-0.1, -0.05) is 18.6 Å². The van der Waals surface area contributed by atoms with Crippen LogP contribution in [-0.2, 0) is 13.6 Å². The molecule has 1 aliphatic heterocycles. The number of aromatic nitrogens is 3. The molecule has 0 bridgehead atoms. The quantitative estimate of drug-likeness (QED) is 0.675. The van der Waals surface area contributed by atoms with E-state index in [9.17, 15) is 4.39 Å². The van der Waals surface area contributed by atoms with Crippen LogP contribution < -0.4 is 0 Å². The Morgan fingerprint density at radius 1 is 1.07 bits per heavy atom. The summed E-state index contributed by atoms with van der Waals surface area (Å²) in [5, 5.41) is 4.30. The molecule has 4 nitrogen and oxygen atoms in total. The monoisotopic (exact) mass is 364 g/mol. The normalized spacial score (nSPS) is 18.0. The van der Waals surface area contributed by atoms with Gasteiger partial charge in [0, 0.05) is 25.5 Å². The minimum absolute atomic E-state index is 0.209. The van der Waals surface area contributed by atoms with Crippen molar-refractivity contribution in [3.05, 3.63) is 71.6 Å². The van der Waals surface area contributed by atoms with Crippen molar-refractivity contribution in [3.8, 4) is 11.1 Å². The molecule has 1 aromatic carbocycles. The Bertz CT molecular complexity index is 916. The lowest BCUT2D eigenvalue weighted by Crippen LogP contribution is -2.34. The average Bonchev–Trinajstić information content (AvgIpc) is 3.07.